The first-order valence-electron chi connectivity index (χ1n) is 8.00. The maximum atomic E-state index is 12.6. The van der Waals surface area contributed by atoms with Gasteiger partial charge in [0.05, 0.1) is 24.1 Å². The van der Waals surface area contributed by atoms with Crippen LogP contribution in [-0.4, -0.2) is 31.6 Å². The Balaban J connectivity index is 1.68. The van der Waals surface area contributed by atoms with Crippen molar-refractivity contribution >= 4 is 23.2 Å². The molecule has 0 bridgehead atoms. The van der Waals surface area contributed by atoms with E-state index in [1.807, 2.05) is 30.3 Å². The summed E-state index contributed by atoms with van der Waals surface area (Å²) in [6.45, 7) is 0. The number of carboxylic acid groups (broad SMARTS) is 1. The van der Waals surface area contributed by atoms with E-state index in [0.29, 0.717) is 16.6 Å². The maximum absolute atomic E-state index is 12.6. The molecule has 0 radical (unpaired) electrons. The van der Waals surface area contributed by atoms with Gasteiger partial charge in [-0.05, 0) is 23.3 Å². The van der Waals surface area contributed by atoms with E-state index in [4.69, 9.17) is 0 Å². The molecule has 0 spiro atoms. The molecule has 0 atom stereocenters. The molecule has 0 aliphatic rings. The molecule has 0 saturated heterocycles. The first kappa shape index (κ1) is 16.4. The van der Waals surface area contributed by atoms with E-state index in [9.17, 15) is 14.7 Å². The van der Waals surface area contributed by atoms with Crippen molar-refractivity contribution in [1.29, 1.82) is 0 Å². The van der Waals surface area contributed by atoms with E-state index >= 15 is 0 Å². The summed E-state index contributed by atoms with van der Waals surface area (Å²) in [7, 11) is 0. The zero-order valence-corrected chi connectivity index (χ0v) is 13.9. The molecule has 2 heterocycles. The fourth-order valence-electron chi connectivity index (χ4n) is 2.58. The third-order valence-corrected chi connectivity index (χ3v) is 3.95. The van der Waals surface area contributed by atoms with Gasteiger partial charge in [0, 0.05) is 0 Å². The van der Waals surface area contributed by atoms with Crippen molar-refractivity contribution in [1.82, 2.24) is 19.4 Å². The van der Waals surface area contributed by atoms with Gasteiger partial charge in [0.2, 0.25) is 0 Å². The molecular formula is C19H12N5O3-. The van der Waals surface area contributed by atoms with Gasteiger partial charge in [-0.3, -0.25) is 4.79 Å². The topological polar surface area (TPSA) is 105 Å². The number of fused-ring (bicyclic) bond motifs is 1. The summed E-state index contributed by atoms with van der Waals surface area (Å²) >= 11 is 0. The summed E-state index contributed by atoms with van der Waals surface area (Å²) < 4.78 is 2.69. The molecule has 0 aliphatic carbocycles. The van der Waals surface area contributed by atoms with Crippen LogP contribution in [0, 0.1) is 0 Å². The predicted octanol–water partition coefficient (Wildman–Crippen LogP) is 0.828. The molecule has 0 unspecified atom stereocenters. The average Bonchev–Trinajstić information content (AvgIpc) is 3.13. The van der Waals surface area contributed by atoms with E-state index in [1.165, 1.54) is 30.9 Å². The quantitative estimate of drug-likeness (QED) is 0.502. The number of hydrogen-bond acceptors (Lipinski definition) is 6. The second kappa shape index (κ2) is 6.68. The Morgan fingerprint density at radius 1 is 1.07 bits per heavy atom. The number of aromatic carboxylic acids is 1. The number of aromatic nitrogens is 4. The van der Waals surface area contributed by atoms with Gasteiger partial charge < -0.3 is 9.90 Å². The van der Waals surface area contributed by atoms with Crippen LogP contribution in [0.1, 0.15) is 15.9 Å². The van der Waals surface area contributed by atoms with Crippen LogP contribution in [0.5, 0.6) is 0 Å². The standard InChI is InChI=1S/C19H13N5O3/c25-18-16-11-22-24(15-4-2-1-3-5-15)17(16)20-12-23(18)21-10-13-6-8-14(9-7-13)19(26)27/h1-12H,(H,26,27)/p-1/b21-10-. The number of hydrogen-bond donors (Lipinski definition) is 0. The summed E-state index contributed by atoms with van der Waals surface area (Å²) in [4.78, 5) is 27.7. The summed E-state index contributed by atoms with van der Waals surface area (Å²) in [5, 5.41) is 19.4. The van der Waals surface area contributed by atoms with Gasteiger partial charge in [-0.2, -0.15) is 14.9 Å². The van der Waals surface area contributed by atoms with Crippen LogP contribution in [0.2, 0.25) is 0 Å². The lowest BCUT2D eigenvalue weighted by molar-refractivity contribution is -0.255. The van der Waals surface area contributed by atoms with Crippen molar-refractivity contribution in [3.8, 4) is 5.69 Å². The summed E-state index contributed by atoms with van der Waals surface area (Å²) in [6.07, 6.45) is 4.21. The summed E-state index contributed by atoms with van der Waals surface area (Å²) in [5.74, 6) is -1.25. The monoisotopic (exact) mass is 358 g/mol. The van der Waals surface area contributed by atoms with Gasteiger partial charge in [-0.15, -0.1) is 0 Å². The molecule has 2 aromatic heterocycles. The Morgan fingerprint density at radius 3 is 2.52 bits per heavy atom. The van der Waals surface area contributed by atoms with Crippen molar-refractivity contribution in [2.75, 3.05) is 0 Å². The largest absolute Gasteiger partial charge is 0.545 e. The molecule has 0 saturated carbocycles. The minimum absolute atomic E-state index is 0.0701. The summed E-state index contributed by atoms with van der Waals surface area (Å²) in [5.41, 5.74) is 1.59. The first-order valence-corrected chi connectivity index (χ1v) is 8.00. The molecule has 8 heteroatoms. The van der Waals surface area contributed by atoms with Gasteiger partial charge in [0.25, 0.3) is 5.56 Å². The van der Waals surface area contributed by atoms with Gasteiger partial charge in [0.1, 0.15) is 11.7 Å². The van der Waals surface area contributed by atoms with Crippen molar-refractivity contribution in [2.24, 2.45) is 5.10 Å². The Bertz CT molecular complexity index is 1210. The Labute approximate surface area is 152 Å². The second-order valence-corrected chi connectivity index (χ2v) is 5.68. The highest BCUT2D eigenvalue weighted by molar-refractivity contribution is 5.87. The number of carbonyl (C=O) groups is 1. The number of para-hydroxylation sites is 1. The molecule has 4 aromatic rings. The van der Waals surface area contributed by atoms with Crippen LogP contribution >= 0.6 is 0 Å². The molecule has 2 aromatic carbocycles. The number of rotatable bonds is 4. The minimum Gasteiger partial charge on any atom is -0.545 e. The first-order chi connectivity index (χ1) is 13.1. The minimum atomic E-state index is -1.25. The Kier molecular flexibility index (Phi) is 4.06. The Hall–Kier alpha value is -4.07. The van der Waals surface area contributed by atoms with Gasteiger partial charge in [-0.1, -0.05) is 42.5 Å². The van der Waals surface area contributed by atoms with E-state index in [1.54, 1.807) is 16.8 Å². The smallest absolute Gasteiger partial charge is 0.285 e. The van der Waals surface area contributed by atoms with Crippen molar-refractivity contribution in [2.45, 2.75) is 0 Å². The van der Waals surface area contributed by atoms with Crippen LogP contribution in [0.4, 0.5) is 0 Å². The van der Waals surface area contributed by atoms with Crippen LogP contribution in [0.25, 0.3) is 16.7 Å². The van der Waals surface area contributed by atoms with Crippen LogP contribution < -0.4 is 10.7 Å². The maximum Gasteiger partial charge on any atom is 0.285 e. The molecule has 0 fully saturated rings. The molecule has 0 amide bonds. The third-order valence-electron chi connectivity index (χ3n) is 3.95. The highest BCUT2D eigenvalue weighted by atomic mass is 16.4. The molecular weight excluding hydrogens is 346 g/mol. The van der Waals surface area contributed by atoms with E-state index < -0.39 is 5.97 Å². The van der Waals surface area contributed by atoms with Gasteiger partial charge in [0.15, 0.2) is 5.65 Å². The van der Waals surface area contributed by atoms with Gasteiger partial charge in [-0.25, -0.2) is 9.67 Å². The van der Waals surface area contributed by atoms with Crippen molar-refractivity contribution in [3.63, 3.8) is 0 Å². The molecule has 0 aliphatic heterocycles. The van der Waals surface area contributed by atoms with Crippen molar-refractivity contribution < 1.29 is 9.90 Å². The fraction of sp³-hybridized carbons (Fsp3) is 0. The number of benzene rings is 2. The SMILES string of the molecule is O=C([O-])c1ccc(/C=N\n2cnc3c(cnn3-c3ccccc3)c2=O)cc1. The van der Waals surface area contributed by atoms with E-state index in [-0.39, 0.29) is 11.1 Å². The Morgan fingerprint density at radius 2 is 1.81 bits per heavy atom. The number of carboxylic acids is 1. The molecule has 0 N–H and O–H groups in total. The molecule has 27 heavy (non-hydrogen) atoms. The number of carbonyl (C=O) groups excluding carboxylic acids is 1. The normalized spacial score (nSPS) is 11.3. The van der Waals surface area contributed by atoms with E-state index in [0.717, 1.165) is 10.4 Å². The highest BCUT2D eigenvalue weighted by Gasteiger charge is 2.10. The summed E-state index contributed by atoms with van der Waals surface area (Å²) in [6, 6.07) is 15.3. The molecule has 8 nitrogen and oxygen atoms in total. The lowest BCUT2D eigenvalue weighted by Crippen LogP contribution is -2.22. The molecule has 132 valence electrons. The van der Waals surface area contributed by atoms with Crippen molar-refractivity contribution in [3.05, 3.63) is 88.6 Å². The van der Waals surface area contributed by atoms with Crippen LogP contribution in [0.15, 0.2) is 77.0 Å². The average molecular weight is 358 g/mol. The fourth-order valence-corrected chi connectivity index (χ4v) is 2.58. The molecule has 4 rings (SSSR count). The zero-order valence-electron chi connectivity index (χ0n) is 13.9. The highest BCUT2D eigenvalue weighted by Crippen LogP contribution is 2.12. The van der Waals surface area contributed by atoms with Gasteiger partial charge >= 0.3 is 0 Å². The van der Waals surface area contributed by atoms with Crippen LogP contribution in [0.3, 0.4) is 0 Å². The predicted molar refractivity (Wildman–Crippen MR) is 96.9 cm³/mol. The lowest BCUT2D eigenvalue weighted by atomic mass is 10.1. The van der Waals surface area contributed by atoms with E-state index in [2.05, 4.69) is 15.2 Å². The third kappa shape index (κ3) is 3.11. The second-order valence-electron chi connectivity index (χ2n) is 5.68. The number of nitrogens with zero attached hydrogens (tertiary/aromatic N) is 5. The lowest BCUT2D eigenvalue weighted by Gasteiger charge is -2.03. The van der Waals surface area contributed by atoms with Crippen LogP contribution in [-0.2, 0) is 0 Å². The zero-order chi connectivity index (χ0) is 18.8.